The summed E-state index contributed by atoms with van der Waals surface area (Å²) in [6.45, 7) is 2.24. The van der Waals surface area contributed by atoms with Crippen LogP contribution in [0.2, 0.25) is 0 Å². The van der Waals surface area contributed by atoms with Crippen molar-refractivity contribution >= 4 is 0 Å². The Morgan fingerprint density at radius 3 is 3.00 bits per heavy atom. The summed E-state index contributed by atoms with van der Waals surface area (Å²) in [5.41, 5.74) is 1.61. The molecule has 0 atom stereocenters. The van der Waals surface area contributed by atoms with E-state index in [0.29, 0.717) is 0 Å². The van der Waals surface area contributed by atoms with Gasteiger partial charge < -0.3 is 0 Å². The van der Waals surface area contributed by atoms with Crippen LogP contribution in [-0.2, 0) is 0 Å². The van der Waals surface area contributed by atoms with Crippen molar-refractivity contribution in [3.63, 3.8) is 0 Å². The number of rotatable bonds is 1. The van der Waals surface area contributed by atoms with Crippen molar-refractivity contribution < 1.29 is 0 Å². The van der Waals surface area contributed by atoms with E-state index in [9.17, 15) is 0 Å². The van der Waals surface area contributed by atoms with Gasteiger partial charge >= 0.3 is 0 Å². The molecule has 1 aliphatic rings. The maximum Gasteiger partial charge on any atom is -0.0139 e. The Morgan fingerprint density at radius 1 is 1.30 bits per heavy atom. The summed E-state index contributed by atoms with van der Waals surface area (Å²) in [7, 11) is 0. The summed E-state index contributed by atoms with van der Waals surface area (Å²) in [4.78, 5) is 0. The lowest BCUT2D eigenvalue weighted by Gasteiger charge is -2.03. The van der Waals surface area contributed by atoms with Gasteiger partial charge in [0.05, 0.1) is 0 Å². The van der Waals surface area contributed by atoms with Crippen LogP contribution in [0.15, 0.2) is 23.8 Å². The first-order chi connectivity index (χ1) is 4.93. The Balaban J connectivity index is 2.45. The van der Waals surface area contributed by atoms with Crippen LogP contribution in [0.5, 0.6) is 0 Å². The van der Waals surface area contributed by atoms with Gasteiger partial charge in [0, 0.05) is 0 Å². The van der Waals surface area contributed by atoms with Gasteiger partial charge in [0.25, 0.3) is 0 Å². The Labute approximate surface area is 63.6 Å². The predicted octanol–water partition coefficient (Wildman–Crippen LogP) is 3.45. The molecule has 0 amide bonds. The maximum atomic E-state index is 2.41. The van der Waals surface area contributed by atoms with Crippen LogP contribution in [0, 0.1) is 0 Å². The van der Waals surface area contributed by atoms with Crippen molar-refractivity contribution in [1.82, 2.24) is 0 Å². The lowest BCUT2D eigenvalue weighted by molar-refractivity contribution is 0.835. The van der Waals surface area contributed by atoms with Gasteiger partial charge in [-0.25, -0.2) is 0 Å². The molecule has 0 radical (unpaired) electrons. The van der Waals surface area contributed by atoms with Crippen molar-refractivity contribution in [3.05, 3.63) is 23.8 Å². The molecule has 10 heavy (non-hydrogen) atoms. The van der Waals surface area contributed by atoms with Crippen LogP contribution in [-0.4, -0.2) is 0 Å². The van der Waals surface area contributed by atoms with Gasteiger partial charge in [-0.05, 0) is 32.1 Å². The fourth-order valence-electron chi connectivity index (χ4n) is 1.27. The molecular formula is C10H16. The molecule has 0 aromatic heterocycles. The third-order valence-corrected chi connectivity index (χ3v) is 2.01. The number of allylic oxidation sites excluding steroid dienone is 4. The summed E-state index contributed by atoms with van der Waals surface area (Å²) >= 11 is 0. The molecule has 0 aliphatic heterocycles. The van der Waals surface area contributed by atoms with Gasteiger partial charge in [-0.2, -0.15) is 0 Å². The van der Waals surface area contributed by atoms with Gasteiger partial charge in [-0.15, -0.1) is 0 Å². The molecule has 1 aliphatic carbocycles. The maximum absolute atomic E-state index is 2.41. The fourth-order valence-corrected chi connectivity index (χ4v) is 1.27. The Bertz CT molecular complexity index is 140. The van der Waals surface area contributed by atoms with Crippen LogP contribution >= 0.6 is 0 Å². The van der Waals surface area contributed by atoms with Crippen LogP contribution < -0.4 is 0 Å². The van der Waals surface area contributed by atoms with Gasteiger partial charge in [0.15, 0.2) is 0 Å². The highest BCUT2D eigenvalue weighted by Crippen LogP contribution is 2.13. The topological polar surface area (TPSA) is 0 Å². The van der Waals surface area contributed by atoms with Crippen molar-refractivity contribution in [2.75, 3.05) is 0 Å². The van der Waals surface area contributed by atoms with E-state index in [1.165, 1.54) is 32.1 Å². The zero-order valence-corrected chi connectivity index (χ0v) is 6.77. The fraction of sp³-hybridized carbons (Fsp3) is 0.600. The largest absolute Gasteiger partial charge is 0.0882 e. The summed E-state index contributed by atoms with van der Waals surface area (Å²) in [6, 6.07) is 0. The minimum atomic E-state index is 1.19. The van der Waals surface area contributed by atoms with E-state index in [2.05, 4.69) is 25.2 Å². The van der Waals surface area contributed by atoms with Crippen molar-refractivity contribution in [2.45, 2.75) is 39.0 Å². The lowest BCUT2D eigenvalue weighted by atomic mass is 10.0. The minimum absolute atomic E-state index is 1.19. The van der Waals surface area contributed by atoms with Crippen LogP contribution in [0.3, 0.4) is 0 Å². The molecule has 0 fully saturated rings. The molecule has 0 nitrogen and oxygen atoms in total. The Kier molecular flexibility index (Phi) is 3.28. The summed E-state index contributed by atoms with van der Waals surface area (Å²) in [6.07, 6.45) is 13.3. The highest BCUT2D eigenvalue weighted by atomic mass is 14.0. The van der Waals surface area contributed by atoms with Gasteiger partial charge in [0.1, 0.15) is 0 Å². The second kappa shape index (κ2) is 4.32. The zero-order chi connectivity index (χ0) is 7.23. The van der Waals surface area contributed by atoms with E-state index in [-0.39, 0.29) is 0 Å². The molecular weight excluding hydrogens is 120 g/mol. The summed E-state index contributed by atoms with van der Waals surface area (Å²) < 4.78 is 0. The first-order valence-electron chi connectivity index (χ1n) is 4.26. The first kappa shape index (κ1) is 7.59. The molecule has 0 aromatic rings. The van der Waals surface area contributed by atoms with E-state index in [1.807, 2.05) is 0 Å². The third kappa shape index (κ3) is 2.38. The van der Waals surface area contributed by atoms with Gasteiger partial charge in [0.2, 0.25) is 0 Å². The number of hydrogen-bond donors (Lipinski definition) is 0. The predicted molar refractivity (Wildman–Crippen MR) is 46.0 cm³/mol. The molecule has 0 saturated heterocycles. The summed E-state index contributed by atoms with van der Waals surface area (Å²) in [5.74, 6) is 0. The SMILES string of the molecule is CC/C1=C/CCC/C=C\C1. The lowest BCUT2D eigenvalue weighted by Crippen LogP contribution is -1.83. The highest BCUT2D eigenvalue weighted by molar-refractivity contribution is 5.08. The van der Waals surface area contributed by atoms with Crippen LogP contribution in [0.4, 0.5) is 0 Å². The first-order valence-corrected chi connectivity index (χ1v) is 4.26. The van der Waals surface area contributed by atoms with Gasteiger partial charge in [-0.3, -0.25) is 0 Å². The van der Waals surface area contributed by atoms with E-state index in [0.717, 1.165) is 0 Å². The van der Waals surface area contributed by atoms with Crippen molar-refractivity contribution in [2.24, 2.45) is 0 Å². The molecule has 0 bridgehead atoms. The molecule has 0 unspecified atom stereocenters. The van der Waals surface area contributed by atoms with E-state index in [1.54, 1.807) is 5.57 Å². The Morgan fingerprint density at radius 2 is 2.20 bits per heavy atom. The molecule has 0 saturated carbocycles. The monoisotopic (exact) mass is 136 g/mol. The average Bonchev–Trinajstić information content (AvgIpc) is 1.87. The smallest absolute Gasteiger partial charge is 0.0139 e. The second-order valence-corrected chi connectivity index (χ2v) is 2.82. The summed E-state index contributed by atoms with van der Waals surface area (Å²) in [5, 5.41) is 0. The normalized spacial score (nSPS) is 27.9. The van der Waals surface area contributed by atoms with Crippen LogP contribution in [0.1, 0.15) is 39.0 Å². The quantitative estimate of drug-likeness (QED) is 0.484. The molecule has 0 spiro atoms. The molecule has 0 heterocycles. The van der Waals surface area contributed by atoms with E-state index in [4.69, 9.17) is 0 Å². The molecule has 0 aromatic carbocycles. The van der Waals surface area contributed by atoms with Gasteiger partial charge in [-0.1, -0.05) is 30.7 Å². The third-order valence-electron chi connectivity index (χ3n) is 2.01. The van der Waals surface area contributed by atoms with E-state index < -0.39 is 0 Å². The molecule has 56 valence electrons. The van der Waals surface area contributed by atoms with E-state index >= 15 is 0 Å². The minimum Gasteiger partial charge on any atom is -0.0882 e. The van der Waals surface area contributed by atoms with Crippen molar-refractivity contribution in [3.8, 4) is 0 Å². The molecule has 1 rings (SSSR count). The average molecular weight is 136 g/mol. The zero-order valence-electron chi connectivity index (χ0n) is 6.77. The second-order valence-electron chi connectivity index (χ2n) is 2.82. The molecule has 0 heteroatoms. The van der Waals surface area contributed by atoms with Crippen LogP contribution in [0.25, 0.3) is 0 Å². The van der Waals surface area contributed by atoms with Crippen molar-refractivity contribution in [1.29, 1.82) is 0 Å². The molecule has 0 N–H and O–H groups in total. The number of hydrogen-bond acceptors (Lipinski definition) is 0. The Hall–Kier alpha value is -0.520. The highest BCUT2D eigenvalue weighted by Gasteiger charge is 1.93. The standard InChI is InChI=1S/C10H16/c1-2-10-8-6-4-3-5-7-9-10/h4,6,9H,2-3,5,7-8H2,1H3/b6-4-,10-9-.